The van der Waals surface area contributed by atoms with Gasteiger partial charge in [-0.15, -0.1) is 0 Å². The van der Waals surface area contributed by atoms with Gasteiger partial charge in [0.25, 0.3) is 5.91 Å². The second-order valence-electron chi connectivity index (χ2n) is 12.4. The zero-order valence-electron chi connectivity index (χ0n) is 27.9. The number of amides is 4. The Morgan fingerprint density at radius 1 is 0.896 bits per heavy atom. The zero-order valence-corrected chi connectivity index (χ0v) is 27.9. The van der Waals surface area contributed by atoms with Gasteiger partial charge >= 0.3 is 12.1 Å². The fourth-order valence-electron chi connectivity index (χ4n) is 5.42. The van der Waals surface area contributed by atoms with Gasteiger partial charge < -0.3 is 30.2 Å². The molecule has 3 aromatic carbocycles. The van der Waals surface area contributed by atoms with Crippen molar-refractivity contribution >= 4 is 45.9 Å². The fourth-order valence-corrected chi connectivity index (χ4v) is 5.42. The van der Waals surface area contributed by atoms with Gasteiger partial charge in [-0.1, -0.05) is 57.2 Å². The Morgan fingerprint density at radius 2 is 1.58 bits per heavy atom. The Hall–Kier alpha value is -5.20. The predicted molar refractivity (Wildman–Crippen MR) is 187 cm³/mol. The molecule has 252 valence electrons. The largest absolute Gasteiger partial charge is 0.492 e. The third-order valence-electron chi connectivity index (χ3n) is 8.05. The number of rotatable bonds is 9. The van der Waals surface area contributed by atoms with Crippen LogP contribution in [0.1, 0.15) is 32.0 Å². The number of methoxy groups -OCH3 is 1. The number of morpholine rings is 1. The van der Waals surface area contributed by atoms with Crippen molar-refractivity contribution < 1.29 is 28.6 Å². The molecule has 0 unspecified atom stereocenters. The number of hydrogen-bond acceptors (Lipinski definition) is 8. The first-order valence-corrected chi connectivity index (χ1v) is 15.8. The molecule has 48 heavy (non-hydrogen) atoms. The number of urea groups is 1. The summed E-state index contributed by atoms with van der Waals surface area (Å²) in [6, 6.07) is 18.9. The van der Waals surface area contributed by atoms with Crippen molar-refractivity contribution in [1.82, 2.24) is 15.2 Å². The van der Waals surface area contributed by atoms with Crippen LogP contribution in [0, 0.1) is 0 Å². The first-order valence-electron chi connectivity index (χ1n) is 15.8. The highest BCUT2D eigenvalue weighted by Gasteiger charge is 2.23. The van der Waals surface area contributed by atoms with Crippen LogP contribution in [0.4, 0.5) is 26.7 Å². The molecule has 5 rings (SSSR count). The molecule has 0 bridgehead atoms. The van der Waals surface area contributed by atoms with Gasteiger partial charge in [-0.25, -0.2) is 9.59 Å². The van der Waals surface area contributed by atoms with E-state index in [4.69, 9.17) is 19.2 Å². The van der Waals surface area contributed by atoms with E-state index >= 15 is 0 Å². The Bertz CT molecular complexity index is 1780. The summed E-state index contributed by atoms with van der Waals surface area (Å²) in [7, 11) is 2.88. The van der Waals surface area contributed by atoms with Gasteiger partial charge in [-0.2, -0.15) is 0 Å². The number of carbonyl (C=O) groups excluding carboxylic acids is 3. The van der Waals surface area contributed by atoms with E-state index in [1.54, 1.807) is 12.1 Å². The summed E-state index contributed by atoms with van der Waals surface area (Å²) in [5, 5.41) is 12.7. The molecule has 1 aromatic heterocycles. The monoisotopic (exact) mass is 654 g/mol. The molecule has 0 aliphatic carbocycles. The SMILES string of the molecule is CNC(=O)COC(=O)Nc1cc(C(C)(C)C)cc(NC(=O)Nc2ccc(-c3ccc(CN4CCOCC4)nc3)c3ccccc23)c1OC. The maximum absolute atomic E-state index is 13.5. The minimum absolute atomic E-state index is 0.222. The molecule has 0 radical (unpaired) electrons. The molecule has 2 heterocycles. The van der Waals surface area contributed by atoms with Gasteiger partial charge in [0, 0.05) is 43.8 Å². The van der Waals surface area contributed by atoms with Gasteiger partial charge in [0.1, 0.15) is 0 Å². The Balaban J connectivity index is 1.37. The number of nitrogens with one attached hydrogen (secondary N) is 4. The summed E-state index contributed by atoms with van der Waals surface area (Å²) < 4.78 is 16.1. The predicted octanol–water partition coefficient (Wildman–Crippen LogP) is 5.98. The molecule has 1 fully saturated rings. The van der Waals surface area contributed by atoms with Crippen molar-refractivity contribution in [3.05, 3.63) is 78.1 Å². The molecule has 1 saturated heterocycles. The zero-order chi connectivity index (χ0) is 34.3. The van der Waals surface area contributed by atoms with Crippen LogP contribution in [0.2, 0.25) is 0 Å². The summed E-state index contributed by atoms with van der Waals surface area (Å²) >= 11 is 0. The normalized spacial score (nSPS) is 13.4. The average Bonchev–Trinajstić information content (AvgIpc) is 3.07. The number of benzene rings is 3. The third kappa shape index (κ3) is 8.38. The lowest BCUT2D eigenvalue weighted by Gasteiger charge is -2.26. The van der Waals surface area contributed by atoms with Crippen LogP contribution in [-0.2, 0) is 26.2 Å². The van der Waals surface area contributed by atoms with E-state index in [1.165, 1.54) is 14.2 Å². The standard InChI is InChI=1S/C36H42N6O6/c1-36(2,3)24-18-30(33(46-5)31(19-24)41-35(45)48-22-32(43)37-4)40-34(44)39-29-13-12-26(27-8-6-7-9-28(27)29)23-10-11-25(38-20-23)21-42-14-16-47-17-15-42/h6-13,18-20H,14-17,21-22H2,1-5H3,(H,37,43)(H,41,45)(H2,39,40,44). The average molecular weight is 655 g/mol. The fraction of sp³-hybridized carbons (Fsp3) is 0.333. The Kier molecular flexibility index (Phi) is 10.8. The van der Waals surface area contributed by atoms with Crippen molar-refractivity contribution in [2.45, 2.75) is 32.7 Å². The molecule has 1 aliphatic rings. The molecule has 1 aliphatic heterocycles. The van der Waals surface area contributed by atoms with Crippen molar-refractivity contribution in [3.8, 4) is 16.9 Å². The Labute approximate surface area is 280 Å². The van der Waals surface area contributed by atoms with Crippen LogP contribution in [0.5, 0.6) is 5.75 Å². The van der Waals surface area contributed by atoms with Crippen molar-refractivity contribution in [2.75, 3.05) is 63.0 Å². The highest BCUT2D eigenvalue weighted by molar-refractivity contribution is 6.10. The smallest absolute Gasteiger partial charge is 0.412 e. The van der Waals surface area contributed by atoms with E-state index in [1.807, 2.05) is 63.4 Å². The summed E-state index contributed by atoms with van der Waals surface area (Å²) in [5.74, 6) is -0.228. The highest BCUT2D eigenvalue weighted by atomic mass is 16.6. The van der Waals surface area contributed by atoms with E-state index < -0.39 is 24.6 Å². The van der Waals surface area contributed by atoms with Gasteiger partial charge in [0.15, 0.2) is 12.4 Å². The molecule has 12 heteroatoms. The highest BCUT2D eigenvalue weighted by Crippen LogP contribution is 2.39. The van der Waals surface area contributed by atoms with Crippen molar-refractivity contribution in [1.29, 1.82) is 0 Å². The lowest BCUT2D eigenvalue weighted by Crippen LogP contribution is -2.35. The molecule has 4 N–H and O–H groups in total. The van der Waals surface area contributed by atoms with Crippen molar-refractivity contribution in [2.24, 2.45) is 0 Å². The van der Waals surface area contributed by atoms with E-state index in [0.29, 0.717) is 11.4 Å². The molecular weight excluding hydrogens is 612 g/mol. The number of carbonyl (C=O) groups is 3. The number of aromatic nitrogens is 1. The van der Waals surface area contributed by atoms with Gasteiger partial charge in [-0.3, -0.25) is 20.0 Å². The van der Waals surface area contributed by atoms with E-state index in [-0.39, 0.29) is 16.9 Å². The number of fused-ring (bicyclic) bond motifs is 1. The summed E-state index contributed by atoms with van der Waals surface area (Å²) in [6.45, 7) is 9.65. The number of ether oxygens (including phenoxy) is 3. The number of likely N-dealkylation sites (N-methyl/N-ethyl adjacent to an activating group) is 1. The second-order valence-corrected chi connectivity index (χ2v) is 12.4. The van der Waals surface area contributed by atoms with Gasteiger partial charge in [-0.05, 0) is 46.2 Å². The molecule has 4 amide bonds. The first kappa shape index (κ1) is 34.1. The van der Waals surface area contributed by atoms with Crippen LogP contribution in [0.15, 0.2) is 66.9 Å². The number of nitrogens with zero attached hydrogens (tertiary/aromatic N) is 2. The van der Waals surface area contributed by atoms with Gasteiger partial charge in [0.2, 0.25) is 0 Å². The lowest BCUT2D eigenvalue weighted by atomic mass is 9.86. The van der Waals surface area contributed by atoms with Crippen LogP contribution >= 0.6 is 0 Å². The van der Waals surface area contributed by atoms with E-state index in [2.05, 4.69) is 38.3 Å². The minimum atomic E-state index is -0.841. The van der Waals surface area contributed by atoms with Crippen LogP contribution in [0.3, 0.4) is 0 Å². The molecular formula is C36H42N6O6. The second kappa shape index (κ2) is 15.1. The van der Waals surface area contributed by atoms with Gasteiger partial charge in [0.05, 0.1) is 43.1 Å². The number of pyridine rings is 1. The third-order valence-corrected chi connectivity index (χ3v) is 8.05. The molecule has 0 atom stereocenters. The van der Waals surface area contributed by atoms with Crippen LogP contribution in [0.25, 0.3) is 21.9 Å². The summed E-state index contributed by atoms with van der Waals surface area (Å²) in [4.78, 5) is 44.6. The topological polar surface area (TPSA) is 143 Å². The maximum Gasteiger partial charge on any atom is 0.412 e. The van der Waals surface area contributed by atoms with Crippen LogP contribution < -0.4 is 26.0 Å². The number of hydrogen-bond donors (Lipinski definition) is 4. The summed E-state index contributed by atoms with van der Waals surface area (Å²) in [5.41, 5.74) is 4.69. The van der Waals surface area contributed by atoms with E-state index in [9.17, 15) is 14.4 Å². The Morgan fingerprint density at radius 3 is 2.23 bits per heavy atom. The lowest BCUT2D eigenvalue weighted by molar-refractivity contribution is -0.123. The van der Waals surface area contributed by atoms with Crippen LogP contribution in [-0.4, -0.2) is 75.0 Å². The molecule has 12 nitrogen and oxygen atoms in total. The van der Waals surface area contributed by atoms with Crippen molar-refractivity contribution in [3.63, 3.8) is 0 Å². The molecule has 4 aromatic rings. The summed E-state index contributed by atoms with van der Waals surface area (Å²) in [6.07, 6.45) is 1.05. The molecule has 0 spiro atoms. The molecule has 0 saturated carbocycles. The number of anilines is 3. The first-order chi connectivity index (χ1) is 23.0. The quantitative estimate of drug-likeness (QED) is 0.173. The minimum Gasteiger partial charge on any atom is -0.492 e. The maximum atomic E-state index is 13.5. The van der Waals surface area contributed by atoms with E-state index in [0.717, 1.165) is 66.0 Å².